The average Bonchev–Trinajstić information content (AvgIpc) is 2.17. The SMILES string of the molecule is C/C=C/C1=CC=C(C)CC=C1. The normalized spacial score (nSPS) is 18.0. The zero-order valence-electron chi connectivity index (χ0n) is 7.17. The molecule has 0 aromatic heterocycles. The summed E-state index contributed by atoms with van der Waals surface area (Å²) in [4.78, 5) is 0. The monoisotopic (exact) mass is 146 g/mol. The third-order valence-corrected chi connectivity index (χ3v) is 1.67. The Morgan fingerprint density at radius 1 is 1.36 bits per heavy atom. The van der Waals surface area contributed by atoms with Crippen LogP contribution in [0.25, 0.3) is 0 Å². The second-order valence-corrected chi connectivity index (χ2v) is 2.79. The molecule has 0 saturated heterocycles. The van der Waals surface area contributed by atoms with E-state index >= 15 is 0 Å². The van der Waals surface area contributed by atoms with E-state index in [0.29, 0.717) is 0 Å². The van der Waals surface area contributed by atoms with Gasteiger partial charge in [-0.2, -0.15) is 0 Å². The zero-order chi connectivity index (χ0) is 8.10. The Morgan fingerprint density at radius 3 is 2.91 bits per heavy atom. The molecule has 0 radical (unpaired) electrons. The summed E-state index contributed by atoms with van der Waals surface area (Å²) in [5.74, 6) is 0. The summed E-state index contributed by atoms with van der Waals surface area (Å²) >= 11 is 0. The minimum absolute atomic E-state index is 1.08. The molecule has 0 unspecified atom stereocenters. The van der Waals surface area contributed by atoms with Crippen LogP contribution in [-0.2, 0) is 0 Å². The molecule has 0 fully saturated rings. The van der Waals surface area contributed by atoms with Crippen LogP contribution in [0.2, 0.25) is 0 Å². The maximum absolute atomic E-state index is 2.20. The number of rotatable bonds is 1. The summed E-state index contributed by atoms with van der Waals surface area (Å²) in [5, 5.41) is 0. The molecule has 1 aliphatic carbocycles. The van der Waals surface area contributed by atoms with Gasteiger partial charge in [-0.3, -0.25) is 0 Å². The van der Waals surface area contributed by atoms with E-state index in [-0.39, 0.29) is 0 Å². The molecule has 0 atom stereocenters. The van der Waals surface area contributed by atoms with E-state index in [1.807, 2.05) is 6.92 Å². The lowest BCUT2D eigenvalue weighted by molar-refractivity contribution is 1.22. The van der Waals surface area contributed by atoms with Gasteiger partial charge in [0.05, 0.1) is 0 Å². The lowest BCUT2D eigenvalue weighted by atomic mass is 10.2. The molecule has 0 saturated carbocycles. The van der Waals surface area contributed by atoms with Gasteiger partial charge in [-0.05, 0) is 25.8 Å². The lowest BCUT2D eigenvalue weighted by Gasteiger charge is -1.86. The van der Waals surface area contributed by atoms with Crippen LogP contribution in [0.5, 0.6) is 0 Å². The van der Waals surface area contributed by atoms with Gasteiger partial charge in [0, 0.05) is 0 Å². The molecule has 0 aliphatic heterocycles. The molecule has 0 bridgehead atoms. The van der Waals surface area contributed by atoms with Crippen LogP contribution in [0.3, 0.4) is 0 Å². The molecule has 0 heterocycles. The summed E-state index contributed by atoms with van der Waals surface area (Å²) in [7, 11) is 0. The molecule has 0 N–H and O–H groups in total. The number of hydrogen-bond acceptors (Lipinski definition) is 0. The first-order valence-corrected chi connectivity index (χ1v) is 3.99. The Hall–Kier alpha value is -1.04. The maximum Gasteiger partial charge on any atom is -0.0135 e. The van der Waals surface area contributed by atoms with Gasteiger partial charge in [-0.1, -0.05) is 42.0 Å². The second-order valence-electron chi connectivity index (χ2n) is 2.79. The van der Waals surface area contributed by atoms with Crippen LogP contribution >= 0.6 is 0 Å². The Kier molecular flexibility index (Phi) is 2.91. The van der Waals surface area contributed by atoms with Crippen LogP contribution < -0.4 is 0 Å². The Bertz CT molecular complexity index is 237. The molecule has 1 aliphatic rings. The summed E-state index contributed by atoms with van der Waals surface area (Å²) in [6, 6.07) is 0. The molecular formula is C11H14. The smallest absolute Gasteiger partial charge is 0.0135 e. The fourth-order valence-corrected chi connectivity index (χ4v) is 1.05. The fraction of sp³-hybridized carbons (Fsp3) is 0.273. The van der Waals surface area contributed by atoms with Gasteiger partial charge in [0.2, 0.25) is 0 Å². The van der Waals surface area contributed by atoms with E-state index in [4.69, 9.17) is 0 Å². The van der Waals surface area contributed by atoms with Crippen LogP contribution in [0.15, 0.2) is 47.6 Å². The highest BCUT2D eigenvalue weighted by Gasteiger charge is 1.90. The van der Waals surface area contributed by atoms with Crippen molar-refractivity contribution >= 4 is 0 Å². The molecule has 0 nitrogen and oxygen atoms in total. The Morgan fingerprint density at radius 2 is 2.18 bits per heavy atom. The van der Waals surface area contributed by atoms with Crippen molar-refractivity contribution < 1.29 is 0 Å². The third kappa shape index (κ3) is 2.58. The fourth-order valence-electron chi connectivity index (χ4n) is 1.05. The van der Waals surface area contributed by atoms with Gasteiger partial charge in [0.15, 0.2) is 0 Å². The van der Waals surface area contributed by atoms with Crippen molar-refractivity contribution in [3.63, 3.8) is 0 Å². The van der Waals surface area contributed by atoms with Crippen molar-refractivity contribution in [2.45, 2.75) is 20.3 Å². The molecular weight excluding hydrogens is 132 g/mol. The van der Waals surface area contributed by atoms with Crippen molar-refractivity contribution in [3.8, 4) is 0 Å². The largest absolute Gasteiger partial charge is 0.0871 e. The van der Waals surface area contributed by atoms with E-state index in [1.54, 1.807) is 0 Å². The van der Waals surface area contributed by atoms with E-state index in [1.165, 1.54) is 11.1 Å². The van der Waals surface area contributed by atoms with Crippen molar-refractivity contribution in [1.82, 2.24) is 0 Å². The van der Waals surface area contributed by atoms with Crippen LogP contribution in [0.1, 0.15) is 20.3 Å². The minimum atomic E-state index is 1.08. The Labute approximate surface area is 68.6 Å². The molecule has 0 aromatic rings. The summed E-state index contributed by atoms with van der Waals surface area (Å²) in [5.41, 5.74) is 2.70. The maximum atomic E-state index is 2.20. The van der Waals surface area contributed by atoms with Crippen LogP contribution in [0.4, 0.5) is 0 Å². The van der Waals surface area contributed by atoms with Crippen LogP contribution in [-0.4, -0.2) is 0 Å². The van der Waals surface area contributed by atoms with Gasteiger partial charge in [0.25, 0.3) is 0 Å². The van der Waals surface area contributed by atoms with Gasteiger partial charge in [0.1, 0.15) is 0 Å². The summed E-state index contributed by atoms with van der Waals surface area (Å²) < 4.78 is 0. The van der Waals surface area contributed by atoms with Crippen molar-refractivity contribution in [2.24, 2.45) is 0 Å². The molecule has 11 heavy (non-hydrogen) atoms. The third-order valence-electron chi connectivity index (χ3n) is 1.67. The highest BCUT2D eigenvalue weighted by Crippen LogP contribution is 2.10. The van der Waals surface area contributed by atoms with Crippen molar-refractivity contribution in [2.75, 3.05) is 0 Å². The Balaban J connectivity index is 2.80. The predicted molar refractivity (Wildman–Crippen MR) is 50.4 cm³/mol. The molecule has 58 valence electrons. The van der Waals surface area contributed by atoms with E-state index < -0.39 is 0 Å². The topological polar surface area (TPSA) is 0 Å². The predicted octanol–water partition coefficient (Wildman–Crippen LogP) is 3.40. The molecule has 1 rings (SSSR count). The highest BCUT2D eigenvalue weighted by molar-refractivity contribution is 5.37. The second kappa shape index (κ2) is 3.97. The first kappa shape index (κ1) is 8.06. The van der Waals surface area contributed by atoms with Crippen molar-refractivity contribution in [3.05, 3.63) is 47.6 Å². The van der Waals surface area contributed by atoms with Crippen molar-refractivity contribution in [1.29, 1.82) is 0 Å². The zero-order valence-corrected chi connectivity index (χ0v) is 7.17. The first-order valence-electron chi connectivity index (χ1n) is 3.99. The molecule has 0 aromatic carbocycles. The quantitative estimate of drug-likeness (QED) is 0.532. The van der Waals surface area contributed by atoms with E-state index in [9.17, 15) is 0 Å². The molecule has 0 spiro atoms. The molecule has 0 amide bonds. The average molecular weight is 146 g/mol. The number of allylic oxidation sites excluding steroid dienone is 8. The van der Waals surface area contributed by atoms with Gasteiger partial charge in [-0.25, -0.2) is 0 Å². The first-order chi connectivity index (χ1) is 5.33. The van der Waals surface area contributed by atoms with E-state index in [2.05, 4.69) is 43.4 Å². The lowest BCUT2D eigenvalue weighted by Crippen LogP contribution is -1.66. The summed E-state index contributed by atoms with van der Waals surface area (Å²) in [6.07, 6.45) is 13.9. The minimum Gasteiger partial charge on any atom is -0.0871 e. The van der Waals surface area contributed by atoms with Crippen LogP contribution in [0, 0.1) is 0 Å². The van der Waals surface area contributed by atoms with Gasteiger partial charge < -0.3 is 0 Å². The summed E-state index contributed by atoms with van der Waals surface area (Å²) in [6.45, 7) is 4.19. The molecule has 0 heteroatoms. The van der Waals surface area contributed by atoms with Gasteiger partial charge in [-0.15, -0.1) is 0 Å². The van der Waals surface area contributed by atoms with E-state index in [0.717, 1.165) is 6.42 Å². The van der Waals surface area contributed by atoms with Gasteiger partial charge >= 0.3 is 0 Å². The highest BCUT2D eigenvalue weighted by atomic mass is 14.0. The standard InChI is InChI=1S/C11H14/c1-3-5-11-7-4-6-10(2)8-9-11/h3-5,7-9H,6H2,1-2H3/b5-3+. The number of hydrogen-bond donors (Lipinski definition) is 0.